The highest BCUT2D eigenvalue weighted by Gasteiger charge is 2.29. The second-order valence-electron chi connectivity index (χ2n) is 4.13. The number of amides is 1. The summed E-state index contributed by atoms with van der Waals surface area (Å²) in [6.07, 6.45) is 0.248. The van der Waals surface area contributed by atoms with Gasteiger partial charge in [-0.2, -0.15) is 0 Å². The van der Waals surface area contributed by atoms with Crippen LogP contribution in [0, 0.1) is 5.92 Å². The second kappa shape index (κ2) is 4.94. The van der Waals surface area contributed by atoms with Crippen LogP contribution in [-0.2, 0) is 14.6 Å². The molecule has 88 valence electrons. The number of rotatable bonds is 4. The van der Waals surface area contributed by atoms with Crippen LogP contribution in [0.15, 0.2) is 0 Å². The van der Waals surface area contributed by atoms with Gasteiger partial charge in [-0.05, 0) is 19.3 Å². The molecule has 5 nitrogen and oxygen atoms in total. The third kappa shape index (κ3) is 4.61. The Morgan fingerprint density at radius 3 is 2.73 bits per heavy atom. The predicted octanol–water partition coefficient (Wildman–Crippen LogP) is -0.692. The van der Waals surface area contributed by atoms with E-state index in [9.17, 15) is 13.2 Å². The van der Waals surface area contributed by atoms with Crippen molar-refractivity contribution in [1.82, 2.24) is 5.32 Å². The Morgan fingerprint density at radius 2 is 2.27 bits per heavy atom. The first kappa shape index (κ1) is 12.4. The third-order valence-corrected chi connectivity index (χ3v) is 4.23. The molecule has 0 bridgehead atoms. The molecule has 15 heavy (non-hydrogen) atoms. The molecule has 6 heteroatoms. The average Bonchev–Trinajstić information content (AvgIpc) is 2.42. The maximum atomic E-state index is 11.3. The molecular weight excluding hydrogens is 218 g/mol. The Morgan fingerprint density at radius 1 is 1.60 bits per heavy atom. The molecular formula is C9H17NO4S. The van der Waals surface area contributed by atoms with Gasteiger partial charge in [0.2, 0.25) is 5.91 Å². The van der Waals surface area contributed by atoms with Gasteiger partial charge < -0.3 is 10.4 Å². The van der Waals surface area contributed by atoms with Gasteiger partial charge in [0.1, 0.15) is 0 Å². The van der Waals surface area contributed by atoms with Crippen LogP contribution in [0.1, 0.15) is 19.8 Å². The lowest BCUT2D eigenvalue weighted by Crippen LogP contribution is -2.31. The topological polar surface area (TPSA) is 83.5 Å². The molecule has 0 aromatic carbocycles. The summed E-state index contributed by atoms with van der Waals surface area (Å²) >= 11 is 0. The van der Waals surface area contributed by atoms with Gasteiger partial charge in [0.15, 0.2) is 9.84 Å². The summed E-state index contributed by atoms with van der Waals surface area (Å²) in [7, 11) is -2.90. The average molecular weight is 235 g/mol. The monoisotopic (exact) mass is 235 g/mol. The predicted molar refractivity (Wildman–Crippen MR) is 56.1 cm³/mol. The zero-order chi connectivity index (χ0) is 11.5. The normalized spacial score (nSPS) is 26.1. The quantitative estimate of drug-likeness (QED) is 0.675. The van der Waals surface area contributed by atoms with E-state index >= 15 is 0 Å². The molecule has 2 atom stereocenters. The molecule has 1 rings (SSSR count). The molecule has 0 radical (unpaired) electrons. The molecule has 0 spiro atoms. The molecule has 1 aliphatic rings. The summed E-state index contributed by atoms with van der Waals surface area (Å²) in [5, 5.41) is 11.5. The fourth-order valence-electron chi connectivity index (χ4n) is 1.63. The first-order valence-corrected chi connectivity index (χ1v) is 6.86. The summed E-state index contributed by atoms with van der Waals surface area (Å²) < 4.78 is 22.2. The number of carbonyl (C=O) groups excluding carboxylic acids is 1. The Kier molecular flexibility index (Phi) is 4.10. The highest BCUT2D eigenvalue weighted by Crippen LogP contribution is 2.21. The number of aliphatic hydroxyl groups is 1. The Bertz CT molecular complexity index is 323. The smallest absolute Gasteiger partial charge is 0.220 e. The third-order valence-electron chi connectivity index (χ3n) is 2.40. The van der Waals surface area contributed by atoms with Crippen molar-refractivity contribution in [3.63, 3.8) is 0 Å². The fourth-order valence-corrected chi connectivity index (χ4v) is 3.49. The van der Waals surface area contributed by atoms with Crippen LogP contribution in [0.2, 0.25) is 0 Å². The molecule has 1 aliphatic heterocycles. The zero-order valence-corrected chi connectivity index (χ0v) is 9.59. The Hall–Kier alpha value is -0.620. The van der Waals surface area contributed by atoms with E-state index < -0.39 is 15.9 Å². The Balaban J connectivity index is 2.28. The minimum absolute atomic E-state index is 0.0519. The number of carbonyl (C=O) groups is 1. The number of hydrogen-bond donors (Lipinski definition) is 2. The van der Waals surface area contributed by atoms with Gasteiger partial charge in [0, 0.05) is 13.0 Å². The zero-order valence-electron chi connectivity index (χ0n) is 8.77. The molecule has 1 amide bonds. The SMILES string of the molecule is C[C@@H](O)CNC(=O)CC1CCS(=O)(=O)C1. The summed E-state index contributed by atoms with van der Waals surface area (Å²) in [5.41, 5.74) is 0. The molecule has 1 heterocycles. The highest BCUT2D eigenvalue weighted by atomic mass is 32.2. The van der Waals surface area contributed by atoms with Crippen molar-refractivity contribution in [3.05, 3.63) is 0 Å². The maximum Gasteiger partial charge on any atom is 0.220 e. The molecule has 2 N–H and O–H groups in total. The van der Waals surface area contributed by atoms with Crippen molar-refractivity contribution in [1.29, 1.82) is 0 Å². The highest BCUT2D eigenvalue weighted by molar-refractivity contribution is 7.91. The van der Waals surface area contributed by atoms with E-state index in [0.29, 0.717) is 6.42 Å². The van der Waals surface area contributed by atoms with Crippen LogP contribution in [0.3, 0.4) is 0 Å². The van der Waals surface area contributed by atoms with E-state index in [2.05, 4.69) is 5.32 Å². The van der Waals surface area contributed by atoms with Crippen molar-refractivity contribution in [2.75, 3.05) is 18.1 Å². The molecule has 0 aromatic heterocycles. The molecule has 0 saturated carbocycles. The summed E-state index contributed by atoms with van der Waals surface area (Å²) in [6.45, 7) is 1.80. The Labute approximate surface area is 89.8 Å². The number of nitrogens with one attached hydrogen (secondary N) is 1. The van der Waals surface area contributed by atoms with Gasteiger partial charge >= 0.3 is 0 Å². The van der Waals surface area contributed by atoms with Gasteiger partial charge in [0.05, 0.1) is 17.6 Å². The second-order valence-corrected chi connectivity index (χ2v) is 6.36. The lowest BCUT2D eigenvalue weighted by atomic mass is 10.1. The first-order valence-electron chi connectivity index (χ1n) is 5.04. The molecule has 1 fully saturated rings. The van der Waals surface area contributed by atoms with E-state index in [1.807, 2.05) is 0 Å². The molecule has 0 aromatic rings. The molecule has 0 aliphatic carbocycles. The van der Waals surface area contributed by atoms with Crippen molar-refractivity contribution < 1.29 is 18.3 Å². The lowest BCUT2D eigenvalue weighted by Gasteiger charge is -2.09. The van der Waals surface area contributed by atoms with E-state index in [0.717, 1.165) is 0 Å². The fraction of sp³-hybridized carbons (Fsp3) is 0.889. The largest absolute Gasteiger partial charge is 0.392 e. The van der Waals surface area contributed by atoms with Crippen LogP contribution in [0.5, 0.6) is 0 Å². The minimum atomic E-state index is -2.90. The van der Waals surface area contributed by atoms with Crippen molar-refractivity contribution in [2.45, 2.75) is 25.9 Å². The summed E-state index contributed by atoms with van der Waals surface area (Å²) in [6, 6.07) is 0. The van der Waals surface area contributed by atoms with Crippen LogP contribution in [0.4, 0.5) is 0 Å². The van der Waals surface area contributed by atoms with E-state index in [1.165, 1.54) is 0 Å². The first-order chi connectivity index (χ1) is 6.89. The van der Waals surface area contributed by atoms with Gasteiger partial charge in [0.25, 0.3) is 0 Å². The van der Waals surface area contributed by atoms with Crippen molar-refractivity contribution in [3.8, 4) is 0 Å². The van der Waals surface area contributed by atoms with Crippen LogP contribution in [-0.4, -0.2) is 43.6 Å². The summed E-state index contributed by atoms with van der Waals surface area (Å²) in [4.78, 5) is 11.3. The molecule has 1 unspecified atom stereocenters. The van der Waals surface area contributed by atoms with E-state index in [-0.39, 0.29) is 36.3 Å². The van der Waals surface area contributed by atoms with Crippen LogP contribution >= 0.6 is 0 Å². The minimum Gasteiger partial charge on any atom is -0.392 e. The summed E-state index contributed by atoms with van der Waals surface area (Å²) in [5.74, 6) is 0.0817. The molecule has 1 saturated heterocycles. The number of aliphatic hydroxyl groups excluding tert-OH is 1. The van der Waals surface area contributed by atoms with Gasteiger partial charge in [-0.25, -0.2) is 8.42 Å². The maximum absolute atomic E-state index is 11.3. The van der Waals surface area contributed by atoms with E-state index in [1.54, 1.807) is 6.92 Å². The number of hydrogen-bond acceptors (Lipinski definition) is 4. The van der Waals surface area contributed by atoms with E-state index in [4.69, 9.17) is 5.11 Å². The van der Waals surface area contributed by atoms with Crippen LogP contribution < -0.4 is 5.32 Å². The number of sulfone groups is 1. The van der Waals surface area contributed by atoms with Gasteiger partial charge in [-0.3, -0.25) is 4.79 Å². The van der Waals surface area contributed by atoms with Crippen molar-refractivity contribution >= 4 is 15.7 Å². The lowest BCUT2D eigenvalue weighted by molar-refractivity contribution is -0.122. The van der Waals surface area contributed by atoms with Crippen LogP contribution in [0.25, 0.3) is 0 Å². The van der Waals surface area contributed by atoms with Gasteiger partial charge in [-0.1, -0.05) is 0 Å². The standard InChI is InChI=1S/C9H17NO4S/c1-7(11)5-10-9(12)4-8-2-3-15(13,14)6-8/h7-8,11H,2-6H2,1H3,(H,10,12)/t7-,8?/m1/s1. The van der Waals surface area contributed by atoms with Gasteiger partial charge in [-0.15, -0.1) is 0 Å². The van der Waals surface area contributed by atoms with Crippen molar-refractivity contribution in [2.24, 2.45) is 5.92 Å².